The Hall–Kier alpha value is -1.06. The van der Waals surface area contributed by atoms with Crippen molar-refractivity contribution in [3.8, 4) is 0 Å². The summed E-state index contributed by atoms with van der Waals surface area (Å²) in [5.41, 5.74) is 7.66. The molecule has 1 amide bonds. The van der Waals surface area contributed by atoms with Crippen LogP contribution in [0.1, 0.15) is 52.1 Å². The topological polar surface area (TPSA) is 46.3 Å². The lowest BCUT2D eigenvalue weighted by atomic mass is 9.75. The highest BCUT2D eigenvalue weighted by Gasteiger charge is 2.33. The molecule has 3 nitrogen and oxygen atoms in total. The Balaban J connectivity index is 0.00000264. The number of nitrogens with zero attached hydrogens (tertiary/aromatic N) is 1. The molecule has 0 aromatic heterocycles. The maximum Gasteiger partial charge on any atom is 0.227 e. The first-order chi connectivity index (χ1) is 10.3. The van der Waals surface area contributed by atoms with Crippen molar-refractivity contribution in [2.24, 2.45) is 23.0 Å². The molecule has 4 heteroatoms. The highest BCUT2D eigenvalue weighted by atomic mass is 35.5. The normalized spacial score (nSPS) is 18.9. The van der Waals surface area contributed by atoms with Gasteiger partial charge in [-0.15, -0.1) is 12.4 Å². The maximum absolute atomic E-state index is 12.7. The van der Waals surface area contributed by atoms with Crippen molar-refractivity contribution in [2.75, 3.05) is 13.1 Å². The number of nitrogens with two attached hydrogens (primary N) is 1. The lowest BCUT2D eigenvalue weighted by molar-refractivity contribution is -0.137. The van der Waals surface area contributed by atoms with Crippen LogP contribution in [0.2, 0.25) is 0 Å². The Morgan fingerprint density at radius 1 is 1.17 bits per heavy atom. The zero-order valence-electron chi connectivity index (χ0n) is 14.8. The summed E-state index contributed by atoms with van der Waals surface area (Å²) in [5, 5.41) is 0. The summed E-state index contributed by atoms with van der Waals surface area (Å²) in [4.78, 5) is 14.7. The van der Waals surface area contributed by atoms with E-state index in [9.17, 15) is 4.79 Å². The van der Waals surface area contributed by atoms with E-state index in [4.69, 9.17) is 5.73 Å². The number of likely N-dealkylation sites (tertiary alicyclic amines) is 1. The fraction of sp³-hybridized carbons (Fsp3) is 0.632. The van der Waals surface area contributed by atoms with Gasteiger partial charge in [-0.2, -0.15) is 0 Å². The van der Waals surface area contributed by atoms with Crippen LogP contribution < -0.4 is 5.73 Å². The van der Waals surface area contributed by atoms with E-state index in [1.54, 1.807) is 0 Å². The number of hydrogen-bond acceptors (Lipinski definition) is 2. The van der Waals surface area contributed by atoms with Gasteiger partial charge in [-0.05, 0) is 29.7 Å². The van der Waals surface area contributed by atoms with Gasteiger partial charge in [0.05, 0.1) is 5.92 Å². The molecule has 1 heterocycles. The highest BCUT2D eigenvalue weighted by molar-refractivity contribution is 5.85. The van der Waals surface area contributed by atoms with Crippen molar-refractivity contribution in [1.82, 2.24) is 4.90 Å². The molecule has 1 fully saturated rings. The van der Waals surface area contributed by atoms with Gasteiger partial charge >= 0.3 is 0 Å². The third-order valence-corrected chi connectivity index (χ3v) is 5.14. The van der Waals surface area contributed by atoms with Crippen LogP contribution in [0.5, 0.6) is 0 Å². The minimum atomic E-state index is -0.228. The van der Waals surface area contributed by atoms with Gasteiger partial charge in [-0.3, -0.25) is 4.79 Å². The Labute approximate surface area is 147 Å². The summed E-state index contributed by atoms with van der Waals surface area (Å²) in [6, 6.07) is 9.69. The molecule has 0 aliphatic carbocycles. The number of carbonyl (C=O) groups excluding carboxylic acids is 1. The molecule has 0 saturated carbocycles. The summed E-state index contributed by atoms with van der Waals surface area (Å²) >= 11 is 0. The quantitative estimate of drug-likeness (QED) is 0.904. The van der Waals surface area contributed by atoms with Crippen molar-refractivity contribution >= 4 is 18.3 Å². The predicted octanol–water partition coefficient (Wildman–Crippen LogP) is 4.03. The van der Waals surface area contributed by atoms with Crippen LogP contribution in [-0.4, -0.2) is 23.9 Å². The van der Waals surface area contributed by atoms with E-state index in [0.29, 0.717) is 11.3 Å². The van der Waals surface area contributed by atoms with E-state index in [-0.39, 0.29) is 30.3 Å². The molecule has 1 saturated heterocycles. The Morgan fingerprint density at radius 2 is 1.70 bits per heavy atom. The molecular weight excluding hydrogens is 308 g/mol. The van der Waals surface area contributed by atoms with Crippen LogP contribution >= 0.6 is 12.4 Å². The van der Waals surface area contributed by atoms with Crippen molar-refractivity contribution in [2.45, 2.75) is 46.6 Å². The molecule has 130 valence electrons. The van der Waals surface area contributed by atoms with Gasteiger partial charge in [-0.25, -0.2) is 0 Å². The third-order valence-electron chi connectivity index (χ3n) is 5.14. The van der Waals surface area contributed by atoms with E-state index >= 15 is 0 Å². The number of rotatable bonds is 3. The number of benzene rings is 1. The van der Waals surface area contributed by atoms with Crippen molar-refractivity contribution < 1.29 is 4.79 Å². The number of halogens is 1. The summed E-state index contributed by atoms with van der Waals surface area (Å²) in [6.45, 7) is 10.6. The molecule has 1 aromatic rings. The Kier molecular flexibility index (Phi) is 7.09. The Bertz CT molecular complexity index is 490. The first-order valence-corrected chi connectivity index (χ1v) is 8.40. The van der Waals surface area contributed by atoms with Crippen LogP contribution in [0, 0.1) is 17.3 Å². The van der Waals surface area contributed by atoms with Gasteiger partial charge in [0, 0.05) is 19.1 Å². The van der Waals surface area contributed by atoms with E-state index in [1.165, 1.54) is 0 Å². The van der Waals surface area contributed by atoms with Gasteiger partial charge < -0.3 is 10.6 Å². The fourth-order valence-electron chi connectivity index (χ4n) is 3.37. The molecule has 0 radical (unpaired) electrons. The van der Waals surface area contributed by atoms with Crippen LogP contribution in [0.4, 0.5) is 0 Å². The average Bonchev–Trinajstić information content (AvgIpc) is 2.53. The van der Waals surface area contributed by atoms with Gasteiger partial charge in [0.25, 0.3) is 0 Å². The van der Waals surface area contributed by atoms with Gasteiger partial charge in [0.2, 0.25) is 5.91 Å². The smallest absolute Gasteiger partial charge is 0.227 e. The fourth-order valence-corrected chi connectivity index (χ4v) is 3.37. The molecule has 2 unspecified atom stereocenters. The average molecular weight is 339 g/mol. The number of carbonyl (C=O) groups is 1. The lowest BCUT2D eigenvalue weighted by Crippen LogP contribution is -2.45. The number of hydrogen-bond donors (Lipinski definition) is 1. The van der Waals surface area contributed by atoms with Crippen molar-refractivity contribution in [3.05, 3.63) is 35.9 Å². The van der Waals surface area contributed by atoms with E-state index < -0.39 is 0 Å². The molecule has 1 aromatic carbocycles. The summed E-state index contributed by atoms with van der Waals surface area (Å²) in [6.07, 6.45) is 2.20. The van der Waals surface area contributed by atoms with Crippen LogP contribution in [0.3, 0.4) is 0 Å². The van der Waals surface area contributed by atoms with E-state index in [1.807, 2.05) is 42.2 Å². The van der Waals surface area contributed by atoms with Gasteiger partial charge in [0.15, 0.2) is 0 Å². The second-order valence-electron chi connectivity index (χ2n) is 7.69. The molecule has 23 heavy (non-hydrogen) atoms. The third kappa shape index (κ3) is 4.95. The second kappa shape index (κ2) is 8.16. The summed E-state index contributed by atoms with van der Waals surface area (Å²) in [7, 11) is 0. The first-order valence-electron chi connectivity index (χ1n) is 8.40. The van der Waals surface area contributed by atoms with Crippen LogP contribution in [-0.2, 0) is 4.79 Å². The second-order valence-corrected chi connectivity index (χ2v) is 7.69. The van der Waals surface area contributed by atoms with Crippen LogP contribution in [0.25, 0.3) is 0 Å². The molecule has 0 spiro atoms. The van der Waals surface area contributed by atoms with Crippen molar-refractivity contribution in [3.63, 3.8) is 0 Å². The molecule has 1 aliphatic rings. The number of amides is 1. The molecule has 1 aliphatic heterocycles. The summed E-state index contributed by atoms with van der Waals surface area (Å²) < 4.78 is 0. The Morgan fingerprint density at radius 3 is 2.17 bits per heavy atom. The summed E-state index contributed by atoms with van der Waals surface area (Å²) in [5.74, 6) is 0.729. The predicted molar refractivity (Wildman–Crippen MR) is 98.5 cm³/mol. The first kappa shape index (κ1) is 20.0. The largest absolute Gasteiger partial charge is 0.342 e. The van der Waals surface area contributed by atoms with Crippen molar-refractivity contribution in [1.29, 1.82) is 0 Å². The standard InChI is InChI=1S/C19H30N2O.ClH/c1-14(17(20)15-8-6-5-7-9-15)18(22)21-12-10-16(11-13-21)19(2,3)4;/h5-9,14,16-17H,10-13,20H2,1-4H3;1H. The monoisotopic (exact) mass is 338 g/mol. The molecule has 2 atom stereocenters. The molecule has 0 bridgehead atoms. The minimum Gasteiger partial charge on any atom is -0.342 e. The van der Waals surface area contributed by atoms with Gasteiger partial charge in [0.1, 0.15) is 0 Å². The minimum absolute atomic E-state index is 0. The highest BCUT2D eigenvalue weighted by Crippen LogP contribution is 2.35. The molecule has 2 N–H and O–H groups in total. The van der Waals surface area contributed by atoms with Gasteiger partial charge in [-0.1, -0.05) is 58.0 Å². The SMILES string of the molecule is CC(C(=O)N1CCC(C(C)(C)C)CC1)C(N)c1ccccc1.Cl. The molecule has 2 rings (SSSR count). The van der Waals surface area contributed by atoms with E-state index in [2.05, 4.69) is 20.8 Å². The zero-order valence-corrected chi connectivity index (χ0v) is 15.6. The maximum atomic E-state index is 12.7. The van der Waals surface area contributed by atoms with Crippen LogP contribution in [0.15, 0.2) is 30.3 Å². The lowest BCUT2D eigenvalue weighted by Gasteiger charge is -2.40. The van der Waals surface area contributed by atoms with E-state index in [0.717, 1.165) is 31.5 Å². The zero-order chi connectivity index (χ0) is 16.3. The molecular formula is C19H31ClN2O. The number of piperidine rings is 1.